The third-order valence-corrected chi connectivity index (χ3v) is 4.78. The number of carbonyl (C=O) groups excluding carboxylic acids is 1. The Morgan fingerprint density at radius 2 is 1.73 bits per heavy atom. The second kappa shape index (κ2) is 9.35. The largest absolute Gasteiger partial charge is 0.416 e. The van der Waals surface area contributed by atoms with Gasteiger partial charge in [-0.2, -0.15) is 18.4 Å². The molecule has 1 amide bonds. The predicted octanol–water partition coefficient (Wildman–Crippen LogP) is 5.15. The van der Waals surface area contributed by atoms with Crippen molar-refractivity contribution < 1.29 is 18.0 Å². The van der Waals surface area contributed by atoms with Gasteiger partial charge in [0, 0.05) is 36.4 Å². The molecule has 3 rings (SSSR count). The van der Waals surface area contributed by atoms with Crippen molar-refractivity contribution in [2.24, 2.45) is 0 Å². The number of nitrogens with zero attached hydrogens (tertiary/aromatic N) is 2. The minimum atomic E-state index is -4.52. The SMILES string of the molecule is N#C/C(=C/Nc1ccc(N2CCCCC2)cc1)C(=O)Nc1cccc(C(F)(F)F)c1. The maximum Gasteiger partial charge on any atom is 0.416 e. The highest BCUT2D eigenvalue weighted by molar-refractivity contribution is 6.06. The summed E-state index contributed by atoms with van der Waals surface area (Å²) in [4.78, 5) is 14.6. The van der Waals surface area contributed by atoms with E-state index in [1.165, 1.54) is 37.6 Å². The number of hydrogen-bond donors (Lipinski definition) is 2. The number of nitrogens with one attached hydrogen (secondary N) is 2. The Kier molecular flexibility index (Phi) is 6.62. The average Bonchev–Trinajstić information content (AvgIpc) is 2.75. The highest BCUT2D eigenvalue weighted by atomic mass is 19.4. The molecular formula is C22H21F3N4O. The summed E-state index contributed by atoms with van der Waals surface area (Å²) >= 11 is 0. The molecule has 0 saturated carbocycles. The van der Waals surface area contributed by atoms with Crippen LogP contribution in [0.1, 0.15) is 24.8 Å². The van der Waals surface area contributed by atoms with Gasteiger partial charge in [-0.05, 0) is 61.7 Å². The highest BCUT2D eigenvalue weighted by Gasteiger charge is 2.30. The Hall–Kier alpha value is -3.47. The first-order chi connectivity index (χ1) is 14.4. The molecule has 0 radical (unpaired) electrons. The number of anilines is 3. The van der Waals surface area contributed by atoms with E-state index < -0.39 is 17.6 Å². The van der Waals surface area contributed by atoms with Crippen LogP contribution in [0.25, 0.3) is 0 Å². The Labute approximate surface area is 172 Å². The molecule has 0 aromatic heterocycles. The quantitative estimate of drug-likeness (QED) is 0.524. The van der Waals surface area contributed by atoms with Gasteiger partial charge in [-0.3, -0.25) is 4.79 Å². The van der Waals surface area contributed by atoms with Crippen LogP contribution in [0.15, 0.2) is 60.3 Å². The van der Waals surface area contributed by atoms with Gasteiger partial charge >= 0.3 is 6.18 Å². The average molecular weight is 414 g/mol. The molecule has 1 fully saturated rings. The van der Waals surface area contributed by atoms with Gasteiger partial charge in [-0.1, -0.05) is 6.07 Å². The zero-order valence-corrected chi connectivity index (χ0v) is 16.2. The van der Waals surface area contributed by atoms with Gasteiger partial charge < -0.3 is 15.5 Å². The summed E-state index contributed by atoms with van der Waals surface area (Å²) in [5, 5.41) is 14.4. The normalized spacial score (nSPS) is 14.7. The van der Waals surface area contributed by atoms with E-state index >= 15 is 0 Å². The van der Waals surface area contributed by atoms with E-state index in [1.807, 2.05) is 24.3 Å². The zero-order valence-electron chi connectivity index (χ0n) is 16.2. The van der Waals surface area contributed by atoms with Crippen molar-refractivity contribution in [1.82, 2.24) is 0 Å². The van der Waals surface area contributed by atoms with Crippen LogP contribution in [0.5, 0.6) is 0 Å². The van der Waals surface area contributed by atoms with Crippen LogP contribution < -0.4 is 15.5 Å². The molecule has 1 aliphatic rings. The number of nitriles is 1. The predicted molar refractivity (Wildman–Crippen MR) is 110 cm³/mol. The first kappa shape index (κ1) is 21.2. The number of halogens is 3. The first-order valence-electron chi connectivity index (χ1n) is 9.57. The minimum Gasteiger partial charge on any atom is -0.372 e. The lowest BCUT2D eigenvalue weighted by Crippen LogP contribution is -2.29. The molecule has 0 spiro atoms. The molecule has 1 saturated heterocycles. The van der Waals surface area contributed by atoms with Crippen molar-refractivity contribution in [3.8, 4) is 6.07 Å². The fourth-order valence-corrected chi connectivity index (χ4v) is 3.20. The van der Waals surface area contributed by atoms with E-state index in [-0.39, 0.29) is 11.3 Å². The van der Waals surface area contributed by atoms with Gasteiger partial charge in [0.2, 0.25) is 0 Å². The molecule has 156 valence electrons. The van der Waals surface area contributed by atoms with Crippen LogP contribution in [0.4, 0.5) is 30.2 Å². The highest BCUT2D eigenvalue weighted by Crippen LogP contribution is 2.30. The number of benzene rings is 2. The fraction of sp³-hybridized carbons (Fsp3) is 0.273. The summed E-state index contributed by atoms with van der Waals surface area (Å²) < 4.78 is 38.4. The number of hydrogen-bond acceptors (Lipinski definition) is 4. The van der Waals surface area contributed by atoms with Gasteiger partial charge in [0.25, 0.3) is 5.91 Å². The molecule has 2 N–H and O–H groups in total. The third kappa shape index (κ3) is 5.54. The molecule has 5 nitrogen and oxygen atoms in total. The molecule has 1 aliphatic heterocycles. The monoisotopic (exact) mass is 414 g/mol. The zero-order chi connectivity index (χ0) is 21.6. The number of amides is 1. The Morgan fingerprint density at radius 3 is 2.37 bits per heavy atom. The van der Waals surface area contributed by atoms with Crippen LogP contribution in [0.2, 0.25) is 0 Å². The van der Waals surface area contributed by atoms with E-state index in [9.17, 15) is 23.2 Å². The number of alkyl halides is 3. The second-order valence-electron chi connectivity index (χ2n) is 6.94. The molecule has 0 unspecified atom stereocenters. The van der Waals surface area contributed by atoms with E-state index in [0.717, 1.165) is 30.9 Å². The number of piperidine rings is 1. The summed E-state index contributed by atoms with van der Waals surface area (Å²) in [7, 11) is 0. The molecule has 1 heterocycles. The van der Waals surface area contributed by atoms with Crippen molar-refractivity contribution in [3.63, 3.8) is 0 Å². The molecule has 0 atom stereocenters. The summed E-state index contributed by atoms with van der Waals surface area (Å²) in [6, 6.07) is 13.6. The van der Waals surface area contributed by atoms with Gasteiger partial charge in [0.05, 0.1) is 5.56 Å². The third-order valence-electron chi connectivity index (χ3n) is 4.78. The van der Waals surface area contributed by atoms with E-state index in [4.69, 9.17) is 0 Å². The van der Waals surface area contributed by atoms with Crippen LogP contribution in [-0.2, 0) is 11.0 Å². The maximum atomic E-state index is 12.8. The Morgan fingerprint density at radius 1 is 1.03 bits per heavy atom. The van der Waals surface area contributed by atoms with Gasteiger partial charge in [0.1, 0.15) is 11.6 Å². The molecule has 0 bridgehead atoms. The van der Waals surface area contributed by atoms with Gasteiger partial charge in [0.15, 0.2) is 0 Å². The Balaban J connectivity index is 1.64. The molecule has 2 aromatic rings. The molecular weight excluding hydrogens is 393 g/mol. The minimum absolute atomic E-state index is 0.0399. The fourth-order valence-electron chi connectivity index (χ4n) is 3.20. The van der Waals surface area contributed by atoms with E-state index in [2.05, 4.69) is 15.5 Å². The first-order valence-corrected chi connectivity index (χ1v) is 9.57. The van der Waals surface area contributed by atoms with Crippen molar-refractivity contribution in [3.05, 3.63) is 65.9 Å². The lowest BCUT2D eigenvalue weighted by molar-refractivity contribution is -0.137. The van der Waals surface area contributed by atoms with Crippen LogP contribution in [0.3, 0.4) is 0 Å². The van der Waals surface area contributed by atoms with Crippen molar-refractivity contribution in [2.75, 3.05) is 28.6 Å². The molecule has 8 heteroatoms. The molecule has 30 heavy (non-hydrogen) atoms. The van der Waals surface area contributed by atoms with Crippen LogP contribution >= 0.6 is 0 Å². The Bertz CT molecular complexity index is 956. The smallest absolute Gasteiger partial charge is 0.372 e. The van der Waals surface area contributed by atoms with Gasteiger partial charge in [-0.25, -0.2) is 0 Å². The summed E-state index contributed by atoms with van der Waals surface area (Å²) in [6.07, 6.45) is 0.320. The maximum absolute atomic E-state index is 12.8. The lowest BCUT2D eigenvalue weighted by Gasteiger charge is -2.28. The van der Waals surface area contributed by atoms with Crippen molar-refractivity contribution >= 4 is 23.0 Å². The molecule has 2 aromatic carbocycles. The van der Waals surface area contributed by atoms with Crippen LogP contribution in [0, 0.1) is 11.3 Å². The standard InChI is InChI=1S/C22H21F3N4O/c23-22(24,25)17-5-4-6-19(13-17)28-21(30)16(14-26)15-27-18-7-9-20(10-8-18)29-11-2-1-3-12-29/h4-10,13,15,27H,1-3,11-12H2,(H,28,30)/b16-15-. The topological polar surface area (TPSA) is 68.2 Å². The summed E-state index contributed by atoms with van der Waals surface area (Å²) in [6.45, 7) is 2.06. The second-order valence-corrected chi connectivity index (χ2v) is 6.94. The van der Waals surface area contributed by atoms with E-state index in [0.29, 0.717) is 5.69 Å². The summed E-state index contributed by atoms with van der Waals surface area (Å²) in [5.74, 6) is -0.797. The lowest BCUT2D eigenvalue weighted by atomic mass is 10.1. The van der Waals surface area contributed by atoms with Crippen molar-refractivity contribution in [2.45, 2.75) is 25.4 Å². The van der Waals surface area contributed by atoms with Crippen molar-refractivity contribution in [1.29, 1.82) is 5.26 Å². The number of carbonyl (C=O) groups is 1. The number of rotatable bonds is 5. The van der Waals surface area contributed by atoms with Crippen LogP contribution in [-0.4, -0.2) is 19.0 Å². The van der Waals surface area contributed by atoms with Gasteiger partial charge in [-0.15, -0.1) is 0 Å². The summed E-state index contributed by atoms with van der Waals surface area (Å²) in [5.41, 5.74) is 0.631. The van der Waals surface area contributed by atoms with E-state index in [1.54, 1.807) is 6.07 Å². The molecule has 0 aliphatic carbocycles.